The van der Waals surface area contributed by atoms with E-state index < -0.39 is 0 Å². The number of tetrazole rings is 1. The Labute approximate surface area is 202 Å². The smallest absolute Gasteiger partial charge is 0.252 e. The number of aryl methyl sites for hydroxylation is 1. The number of furan rings is 1. The van der Waals surface area contributed by atoms with E-state index >= 15 is 0 Å². The van der Waals surface area contributed by atoms with Crippen LogP contribution in [0.5, 0.6) is 5.75 Å². The van der Waals surface area contributed by atoms with E-state index in [1.807, 2.05) is 67.6 Å². The highest BCUT2D eigenvalue weighted by atomic mass is 16.5. The summed E-state index contributed by atoms with van der Waals surface area (Å²) in [5.41, 5.74) is 3.55. The van der Waals surface area contributed by atoms with Gasteiger partial charge in [0.15, 0.2) is 5.82 Å². The molecule has 0 fully saturated rings. The Morgan fingerprint density at radius 1 is 1.06 bits per heavy atom. The Balaban J connectivity index is 1.40. The molecule has 1 N–H and O–H groups in total. The summed E-state index contributed by atoms with van der Waals surface area (Å²) in [6.45, 7) is 3.89. The zero-order valence-electron chi connectivity index (χ0n) is 19.6. The maximum Gasteiger partial charge on any atom is 0.252 e. The van der Waals surface area contributed by atoms with Crippen LogP contribution in [-0.2, 0) is 26.2 Å². The van der Waals surface area contributed by atoms with Crippen molar-refractivity contribution in [1.29, 1.82) is 0 Å². The van der Waals surface area contributed by atoms with Crippen molar-refractivity contribution in [2.45, 2.75) is 33.1 Å². The number of aromatic amines is 1. The fourth-order valence-corrected chi connectivity index (χ4v) is 4.07. The summed E-state index contributed by atoms with van der Waals surface area (Å²) >= 11 is 0. The molecule has 0 saturated carbocycles. The number of fused-ring (bicyclic) bond motifs is 1. The summed E-state index contributed by atoms with van der Waals surface area (Å²) in [5, 5.41) is 13.3. The highest BCUT2D eigenvalue weighted by molar-refractivity contribution is 5.79. The fraction of sp³-hybridized carbons (Fsp3) is 0.231. The van der Waals surface area contributed by atoms with Gasteiger partial charge in [0.2, 0.25) is 0 Å². The van der Waals surface area contributed by atoms with Crippen LogP contribution in [0.4, 0.5) is 0 Å². The molecule has 3 heterocycles. The Morgan fingerprint density at radius 3 is 2.69 bits per heavy atom. The molecule has 0 radical (unpaired) electrons. The van der Waals surface area contributed by atoms with Gasteiger partial charge in [-0.25, -0.2) is 4.68 Å². The standard InChI is InChI=1S/C26H26N6O3/c1-18-5-8-20-13-21(26(33)27-24(20)12-18)15-31(16-23-4-3-11-35-23)17-25-28-29-30-32(25)14-19-6-9-22(34-2)10-7-19/h3-13H,14-17H2,1-2H3,(H,27,33). The zero-order valence-corrected chi connectivity index (χ0v) is 19.6. The molecule has 178 valence electrons. The number of pyridine rings is 1. The van der Waals surface area contributed by atoms with Crippen molar-refractivity contribution in [1.82, 2.24) is 30.1 Å². The number of aromatic nitrogens is 5. The molecular weight excluding hydrogens is 444 g/mol. The lowest BCUT2D eigenvalue weighted by Gasteiger charge is -2.20. The third-order valence-electron chi connectivity index (χ3n) is 5.89. The summed E-state index contributed by atoms with van der Waals surface area (Å²) in [4.78, 5) is 18.0. The van der Waals surface area contributed by atoms with Crippen LogP contribution in [0.2, 0.25) is 0 Å². The van der Waals surface area contributed by atoms with E-state index in [0.29, 0.717) is 37.6 Å². The molecule has 0 aliphatic rings. The number of hydrogen-bond donors (Lipinski definition) is 1. The van der Waals surface area contributed by atoms with Gasteiger partial charge in [-0.1, -0.05) is 24.3 Å². The number of benzene rings is 2. The average molecular weight is 471 g/mol. The Kier molecular flexibility index (Phi) is 6.40. The van der Waals surface area contributed by atoms with E-state index in [9.17, 15) is 4.79 Å². The molecule has 3 aromatic heterocycles. The van der Waals surface area contributed by atoms with Crippen molar-refractivity contribution < 1.29 is 9.15 Å². The number of nitrogens with one attached hydrogen (secondary N) is 1. The molecule has 5 rings (SSSR count). The summed E-state index contributed by atoms with van der Waals surface area (Å²) in [6.07, 6.45) is 1.65. The van der Waals surface area contributed by atoms with Gasteiger partial charge >= 0.3 is 0 Å². The molecule has 0 saturated heterocycles. The number of rotatable bonds is 9. The molecule has 0 spiro atoms. The van der Waals surface area contributed by atoms with Crippen LogP contribution in [0.15, 0.2) is 76.1 Å². The first-order valence-corrected chi connectivity index (χ1v) is 11.3. The predicted molar refractivity (Wildman–Crippen MR) is 131 cm³/mol. The maximum absolute atomic E-state index is 12.9. The van der Waals surface area contributed by atoms with Crippen molar-refractivity contribution in [3.63, 3.8) is 0 Å². The molecule has 0 amide bonds. The summed E-state index contributed by atoms with van der Waals surface area (Å²) < 4.78 is 12.6. The van der Waals surface area contributed by atoms with Gasteiger partial charge in [0.25, 0.3) is 5.56 Å². The van der Waals surface area contributed by atoms with E-state index in [2.05, 4.69) is 25.4 Å². The van der Waals surface area contributed by atoms with Gasteiger partial charge in [-0.3, -0.25) is 9.69 Å². The monoisotopic (exact) mass is 470 g/mol. The van der Waals surface area contributed by atoms with Gasteiger partial charge in [-0.15, -0.1) is 5.10 Å². The number of H-pyrrole nitrogens is 1. The molecular formula is C26H26N6O3. The second-order valence-electron chi connectivity index (χ2n) is 8.54. The third-order valence-corrected chi connectivity index (χ3v) is 5.89. The van der Waals surface area contributed by atoms with Gasteiger partial charge in [0, 0.05) is 17.6 Å². The molecule has 0 aliphatic heterocycles. The van der Waals surface area contributed by atoms with Crippen molar-refractivity contribution in [3.05, 3.63) is 106 Å². The molecule has 5 aromatic rings. The lowest BCUT2D eigenvalue weighted by Crippen LogP contribution is -2.28. The molecule has 35 heavy (non-hydrogen) atoms. The first-order chi connectivity index (χ1) is 17.1. The molecule has 0 aliphatic carbocycles. The fourth-order valence-electron chi connectivity index (χ4n) is 4.07. The topological polar surface area (TPSA) is 102 Å². The van der Waals surface area contributed by atoms with Crippen LogP contribution in [0.25, 0.3) is 10.9 Å². The Bertz CT molecular complexity index is 1470. The van der Waals surface area contributed by atoms with Crippen LogP contribution in [-0.4, -0.2) is 37.2 Å². The van der Waals surface area contributed by atoms with Gasteiger partial charge < -0.3 is 14.1 Å². The quantitative estimate of drug-likeness (QED) is 0.351. The summed E-state index contributed by atoms with van der Waals surface area (Å²) in [6, 6.07) is 19.6. The lowest BCUT2D eigenvalue weighted by atomic mass is 10.1. The van der Waals surface area contributed by atoms with Crippen LogP contribution in [0, 0.1) is 6.92 Å². The highest BCUT2D eigenvalue weighted by Gasteiger charge is 2.17. The van der Waals surface area contributed by atoms with Gasteiger partial charge in [0.1, 0.15) is 11.5 Å². The number of methoxy groups -OCH3 is 1. The number of ether oxygens (including phenoxy) is 1. The van der Waals surface area contributed by atoms with Gasteiger partial charge in [-0.05, 0) is 70.3 Å². The van der Waals surface area contributed by atoms with E-state index in [-0.39, 0.29) is 5.56 Å². The summed E-state index contributed by atoms with van der Waals surface area (Å²) in [5.74, 6) is 2.29. The molecule has 0 bridgehead atoms. The third kappa shape index (κ3) is 5.30. The van der Waals surface area contributed by atoms with Gasteiger partial charge in [0.05, 0.1) is 33.0 Å². The zero-order chi connectivity index (χ0) is 24.2. The normalized spacial score (nSPS) is 11.4. The van der Waals surface area contributed by atoms with Crippen LogP contribution in [0.1, 0.15) is 28.3 Å². The highest BCUT2D eigenvalue weighted by Crippen LogP contribution is 2.17. The van der Waals surface area contributed by atoms with E-state index in [1.54, 1.807) is 18.1 Å². The van der Waals surface area contributed by atoms with Gasteiger partial charge in [-0.2, -0.15) is 0 Å². The number of nitrogens with zero attached hydrogens (tertiary/aromatic N) is 5. The predicted octanol–water partition coefficient (Wildman–Crippen LogP) is 3.68. The molecule has 0 unspecified atom stereocenters. The van der Waals surface area contributed by atoms with Crippen molar-refractivity contribution >= 4 is 10.9 Å². The first kappa shape index (κ1) is 22.5. The minimum atomic E-state index is -0.106. The van der Waals surface area contributed by atoms with E-state index in [0.717, 1.165) is 33.5 Å². The lowest BCUT2D eigenvalue weighted by molar-refractivity contribution is 0.217. The second-order valence-corrected chi connectivity index (χ2v) is 8.54. The summed E-state index contributed by atoms with van der Waals surface area (Å²) in [7, 11) is 1.64. The van der Waals surface area contributed by atoms with E-state index in [1.165, 1.54) is 0 Å². The first-order valence-electron chi connectivity index (χ1n) is 11.3. The largest absolute Gasteiger partial charge is 0.497 e. The molecule has 2 aromatic carbocycles. The second kappa shape index (κ2) is 9.94. The minimum Gasteiger partial charge on any atom is -0.497 e. The van der Waals surface area contributed by atoms with Crippen LogP contribution >= 0.6 is 0 Å². The van der Waals surface area contributed by atoms with Crippen molar-refractivity contribution in [3.8, 4) is 5.75 Å². The Hall–Kier alpha value is -4.24. The molecule has 0 atom stereocenters. The number of hydrogen-bond acceptors (Lipinski definition) is 7. The Morgan fingerprint density at radius 2 is 1.91 bits per heavy atom. The average Bonchev–Trinajstić information content (AvgIpc) is 3.52. The maximum atomic E-state index is 12.9. The minimum absolute atomic E-state index is 0.106. The molecule has 9 heteroatoms. The van der Waals surface area contributed by atoms with Crippen LogP contribution in [0.3, 0.4) is 0 Å². The van der Waals surface area contributed by atoms with Crippen LogP contribution < -0.4 is 10.3 Å². The van der Waals surface area contributed by atoms with Crippen molar-refractivity contribution in [2.24, 2.45) is 0 Å². The van der Waals surface area contributed by atoms with Crippen molar-refractivity contribution in [2.75, 3.05) is 7.11 Å². The van der Waals surface area contributed by atoms with E-state index in [4.69, 9.17) is 9.15 Å². The molecule has 9 nitrogen and oxygen atoms in total. The SMILES string of the molecule is COc1ccc(Cn2nnnc2CN(Cc2ccco2)Cc2cc3ccc(C)cc3[nH]c2=O)cc1.